The van der Waals surface area contributed by atoms with Gasteiger partial charge >= 0.3 is 0 Å². The molecular weight excluding hydrogens is 277 g/mol. The lowest BCUT2D eigenvalue weighted by Gasteiger charge is -2.29. The SMILES string of the molecule is CCCC1CCC(NCc2c(Cl)cccc2Cl)CC1. The van der Waals surface area contributed by atoms with Crippen molar-refractivity contribution < 1.29 is 0 Å². The average Bonchev–Trinajstić information content (AvgIpc) is 2.40. The third kappa shape index (κ3) is 4.37. The standard InChI is InChI=1S/C16H23Cl2N/c1-2-4-12-7-9-13(10-8-12)19-11-14-15(17)5-3-6-16(14)18/h3,5-6,12-13,19H,2,4,7-11H2,1H3. The molecule has 106 valence electrons. The molecule has 0 aromatic heterocycles. The molecule has 3 heteroatoms. The molecule has 0 heterocycles. The van der Waals surface area contributed by atoms with Gasteiger partial charge in [-0.1, -0.05) is 49.0 Å². The predicted molar refractivity (Wildman–Crippen MR) is 84.0 cm³/mol. The topological polar surface area (TPSA) is 12.0 Å². The molecule has 1 aliphatic rings. The molecule has 1 aromatic rings. The van der Waals surface area contributed by atoms with E-state index < -0.39 is 0 Å². The second-order valence-electron chi connectivity index (χ2n) is 5.59. The van der Waals surface area contributed by atoms with Crippen molar-refractivity contribution in [1.29, 1.82) is 0 Å². The minimum Gasteiger partial charge on any atom is -0.310 e. The van der Waals surface area contributed by atoms with E-state index in [9.17, 15) is 0 Å². The van der Waals surface area contributed by atoms with Gasteiger partial charge in [0.15, 0.2) is 0 Å². The highest BCUT2D eigenvalue weighted by atomic mass is 35.5. The van der Waals surface area contributed by atoms with Crippen LogP contribution in [-0.4, -0.2) is 6.04 Å². The molecule has 0 aliphatic heterocycles. The van der Waals surface area contributed by atoms with Gasteiger partial charge in [-0.3, -0.25) is 0 Å². The maximum absolute atomic E-state index is 6.19. The van der Waals surface area contributed by atoms with Gasteiger partial charge in [0.05, 0.1) is 0 Å². The zero-order valence-electron chi connectivity index (χ0n) is 11.6. The Morgan fingerprint density at radius 2 is 1.74 bits per heavy atom. The highest BCUT2D eigenvalue weighted by Gasteiger charge is 2.20. The van der Waals surface area contributed by atoms with Crippen LogP contribution in [0.5, 0.6) is 0 Å². The molecule has 0 spiro atoms. The van der Waals surface area contributed by atoms with E-state index in [4.69, 9.17) is 23.2 Å². The summed E-state index contributed by atoms with van der Waals surface area (Å²) in [6, 6.07) is 6.33. The number of halogens is 2. The van der Waals surface area contributed by atoms with Crippen molar-refractivity contribution in [2.24, 2.45) is 5.92 Å². The van der Waals surface area contributed by atoms with Crippen LogP contribution in [0.2, 0.25) is 10.0 Å². The molecular formula is C16H23Cl2N. The Balaban J connectivity index is 1.81. The van der Waals surface area contributed by atoms with E-state index in [0.29, 0.717) is 6.04 Å². The van der Waals surface area contributed by atoms with Gasteiger partial charge < -0.3 is 5.32 Å². The molecule has 1 N–H and O–H groups in total. The molecule has 1 aromatic carbocycles. The molecule has 1 fully saturated rings. The van der Waals surface area contributed by atoms with Gasteiger partial charge in [0.1, 0.15) is 0 Å². The minimum absolute atomic E-state index is 0.625. The van der Waals surface area contributed by atoms with E-state index in [-0.39, 0.29) is 0 Å². The zero-order valence-corrected chi connectivity index (χ0v) is 13.1. The van der Waals surface area contributed by atoms with Crippen molar-refractivity contribution in [3.8, 4) is 0 Å². The van der Waals surface area contributed by atoms with Crippen molar-refractivity contribution >= 4 is 23.2 Å². The van der Waals surface area contributed by atoms with E-state index in [1.54, 1.807) is 0 Å². The maximum Gasteiger partial charge on any atom is 0.0465 e. The Hall–Kier alpha value is -0.240. The van der Waals surface area contributed by atoms with Crippen molar-refractivity contribution in [1.82, 2.24) is 5.32 Å². The largest absolute Gasteiger partial charge is 0.310 e. The molecule has 1 saturated carbocycles. The Labute approximate surface area is 126 Å². The molecule has 0 bridgehead atoms. The summed E-state index contributed by atoms with van der Waals surface area (Å²) < 4.78 is 0. The summed E-state index contributed by atoms with van der Waals surface area (Å²) >= 11 is 12.4. The first kappa shape index (κ1) is 15.2. The number of rotatable bonds is 5. The summed E-state index contributed by atoms with van der Waals surface area (Å²) in [4.78, 5) is 0. The number of hydrogen-bond acceptors (Lipinski definition) is 1. The van der Waals surface area contributed by atoms with Gasteiger partial charge in [0.25, 0.3) is 0 Å². The normalized spacial score (nSPS) is 23.5. The first-order valence-corrected chi connectivity index (χ1v) is 8.12. The van der Waals surface area contributed by atoms with Gasteiger partial charge in [-0.2, -0.15) is 0 Å². The summed E-state index contributed by atoms with van der Waals surface area (Å²) in [5.74, 6) is 0.951. The van der Waals surface area contributed by atoms with E-state index in [1.165, 1.54) is 38.5 Å². The predicted octanol–water partition coefficient (Wildman–Crippen LogP) is 5.44. The highest BCUT2D eigenvalue weighted by Crippen LogP contribution is 2.29. The second kappa shape index (κ2) is 7.52. The van der Waals surface area contributed by atoms with E-state index in [1.807, 2.05) is 18.2 Å². The maximum atomic E-state index is 6.19. The highest BCUT2D eigenvalue weighted by molar-refractivity contribution is 6.35. The number of nitrogens with one attached hydrogen (secondary N) is 1. The van der Waals surface area contributed by atoms with Crippen molar-refractivity contribution in [3.05, 3.63) is 33.8 Å². The third-order valence-electron chi connectivity index (χ3n) is 4.17. The van der Waals surface area contributed by atoms with Crippen LogP contribution in [0.25, 0.3) is 0 Å². The monoisotopic (exact) mass is 299 g/mol. The average molecular weight is 300 g/mol. The van der Waals surface area contributed by atoms with E-state index >= 15 is 0 Å². The summed E-state index contributed by atoms with van der Waals surface area (Å²) in [5.41, 5.74) is 1.03. The van der Waals surface area contributed by atoms with Gasteiger partial charge in [0, 0.05) is 28.2 Å². The zero-order chi connectivity index (χ0) is 13.7. The third-order valence-corrected chi connectivity index (χ3v) is 4.88. The first-order chi connectivity index (χ1) is 9.20. The summed E-state index contributed by atoms with van der Waals surface area (Å²) in [7, 11) is 0. The summed E-state index contributed by atoms with van der Waals surface area (Å²) in [6.07, 6.45) is 8.00. The fourth-order valence-electron chi connectivity index (χ4n) is 3.01. The van der Waals surface area contributed by atoms with E-state index in [0.717, 1.165) is 28.1 Å². The van der Waals surface area contributed by atoms with Crippen LogP contribution >= 0.6 is 23.2 Å². The van der Waals surface area contributed by atoms with Crippen molar-refractivity contribution in [3.63, 3.8) is 0 Å². The molecule has 0 atom stereocenters. The van der Waals surface area contributed by atoms with Crippen LogP contribution in [0, 0.1) is 5.92 Å². The van der Waals surface area contributed by atoms with Crippen LogP contribution in [0.15, 0.2) is 18.2 Å². The lowest BCUT2D eigenvalue weighted by molar-refractivity contribution is 0.277. The minimum atomic E-state index is 0.625. The molecule has 2 rings (SSSR count). The Morgan fingerprint density at radius 3 is 2.32 bits per heavy atom. The van der Waals surface area contributed by atoms with Crippen LogP contribution in [0.1, 0.15) is 51.0 Å². The fourth-order valence-corrected chi connectivity index (χ4v) is 3.54. The van der Waals surface area contributed by atoms with Crippen LogP contribution in [0.4, 0.5) is 0 Å². The van der Waals surface area contributed by atoms with Gasteiger partial charge in [-0.05, 0) is 43.7 Å². The van der Waals surface area contributed by atoms with Crippen LogP contribution < -0.4 is 5.32 Å². The molecule has 0 unspecified atom stereocenters. The smallest absolute Gasteiger partial charge is 0.0465 e. The van der Waals surface area contributed by atoms with E-state index in [2.05, 4.69) is 12.2 Å². The quantitative estimate of drug-likeness (QED) is 0.763. The van der Waals surface area contributed by atoms with Crippen LogP contribution in [-0.2, 0) is 6.54 Å². The Morgan fingerprint density at radius 1 is 1.11 bits per heavy atom. The Kier molecular flexibility index (Phi) is 6.00. The second-order valence-corrected chi connectivity index (χ2v) is 6.40. The summed E-state index contributed by atoms with van der Waals surface area (Å²) in [5, 5.41) is 5.14. The number of benzene rings is 1. The molecule has 0 radical (unpaired) electrons. The van der Waals surface area contributed by atoms with Gasteiger partial charge in [-0.25, -0.2) is 0 Å². The Bertz CT molecular complexity index is 377. The molecule has 19 heavy (non-hydrogen) atoms. The number of hydrogen-bond donors (Lipinski definition) is 1. The van der Waals surface area contributed by atoms with Crippen molar-refractivity contribution in [2.75, 3.05) is 0 Å². The lowest BCUT2D eigenvalue weighted by Crippen LogP contribution is -2.32. The lowest BCUT2D eigenvalue weighted by atomic mass is 9.83. The molecule has 1 nitrogen and oxygen atoms in total. The molecule has 0 amide bonds. The summed E-state index contributed by atoms with van der Waals surface area (Å²) in [6.45, 7) is 3.06. The van der Waals surface area contributed by atoms with Gasteiger partial charge in [-0.15, -0.1) is 0 Å². The van der Waals surface area contributed by atoms with Crippen LogP contribution in [0.3, 0.4) is 0 Å². The molecule has 1 aliphatic carbocycles. The molecule has 0 saturated heterocycles. The first-order valence-electron chi connectivity index (χ1n) is 7.37. The fraction of sp³-hybridized carbons (Fsp3) is 0.625. The van der Waals surface area contributed by atoms with Crippen molar-refractivity contribution in [2.45, 2.75) is 58.0 Å². The van der Waals surface area contributed by atoms with Gasteiger partial charge in [0.2, 0.25) is 0 Å².